The van der Waals surface area contributed by atoms with Crippen molar-refractivity contribution in [1.82, 2.24) is 35.3 Å². The zero-order chi connectivity index (χ0) is 12.4. The first-order valence-electron chi connectivity index (χ1n) is 5.30. The maximum atomic E-state index is 5.26. The molecular weight excluding hydrogens is 254 g/mol. The number of methoxy groups -OCH3 is 1. The summed E-state index contributed by atoms with van der Waals surface area (Å²) in [5.41, 5.74) is 0.984. The first-order valence-corrected chi connectivity index (χ1v) is 6.18. The van der Waals surface area contributed by atoms with Gasteiger partial charge in [0.1, 0.15) is 5.69 Å². The number of tetrazole rings is 1. The molecule has 3 aromatic heterocycles. The summed E-state index contributed by atoms with van der Waals surface area (Å²) < 4.78 is 7.27. The second kappa shape index (κ2) is 4.70. The maximum Gasteiger partial charge on any atom is 0.237 e. The van der Waals surface area contributed by atoms with Crippen molar-refractivity contribution < 1.29 is 4.74 Å². The summed E-state index contributed by atoms with van der Waals surface area (Å²) in [5, 5.41) is 18.9. The molecule has 0 unspecified atom stereocenters. The Morgan fingerprint density at radius 3 is 3.22 bits per heavy atom. The SMILES string of the molecule is COc1nc2sccn2c1CNCc1nn[nH]n1. The van der Waals surface area contributed by atoms with E-state index in [0.717, 1.165) is 10.7 Å². The Kier molecular flexibility index (Phi) is 2.90. The molecule has 3 aromatic rings. The van der Waals surface area contributed by atoms with Crippen LogP contribution in [0.2, 0.25) is 0 Å². The third kappa shape index (κ3) is 1.93. The normalized spacial score (nSPS) is 11.2. The van der Waals surface area contributed by atoms with Crippen molar-refractivity contribution in [3.63, 3.8) is 0 Å². The molecule has 0 fully saturated rings. The molecule has 2 N–H and O–H groups in total. The van der Waals surface area contributed by atoms with Crippen molar-refractivity contribution in [3.05, 3.63) is 23.1 Å². The van der Waals surface area contributed by atoms with Crippen LogP contribution in [-0.4, -0.2) is 37.1 Å². The van der Waals surface area contributed by atoms with Crippen LogP contribution in [0.5, 0.6) is 5.88 Å². The molecule has 0 radical (unpaired) electrons. The van der Waals surface area contributed by atoms with Crippen LogP contribution >= 0.6 is 11.3 Å². The lowest BCUT2D eigenvalue weighted by molar-refractivity contribution is 0.392. The Hall–Kier alpha value is -2.00. The minimum Gasteiger partial charge on any atom is -0.480 e. The number of thiazole rings is 1. The summed E-state index contributed by atoms with van der Waals surface area (Å²) in [6.45, 7) is 1.16. The van der Waals surface area contributed by atoms with Crippen LogP contribution in [0, 0.1) is 0 Å². The smallest absolute Gasteiger partial charge is 0.237 e. The van der Waals surface area contributed by atoms with Crippen molar-refractivity contribution in [2.45, 2.75) is 13.1 Å². The fourth-order valence-corrected chi connectivity index (χ4v) is 2.41. The van der Waals surface area contributed by atoms with E-state index in [4.69, 9.17) is 4.74 Å². The summed E-state index contributed by atoms with van der Waals surface area (Å²) in [7, 11) is 1.62. The molecule has 0 bridgehead atoms. The van der Waals surface area contributed by atoms with Gasteiger partial charge in [-0.2, -0.15) is 10.2 Å². The molecule has 8 nitrogen and oxygen atoms in total. The number of aromatic nitrogens is 6. The van der Waals surface area contributed by atoms with E-state index < -0.39 is 0 Å². The van der Waals surface area contributed by atoms with E-state index in [2.05, 4.69) is 30.9 Å². The Morgan fingerprint density at radius 2 is 2.44 bits per heavy atom. The molecule has 94 valence electrons. The van der Waals surface area contributed by atoms with Crippen molar-refractivity contribution in [2.24, 2.45) is 0 Å². The summed E-state index contributed by atoms with van der Waals surface area (Å²) in [6, 6.07) is 0. The number of fused-ring (bicyclic) bond motifs is 1. The monoisotopic (exact) mass is 265 g/mol. The van der Waals surface area contributed by atoms with Crippen molar-refractivity contribution in [1.29, 1.82) is 0 Å². The predicted molar refractivity (Wildman–Crippen MR) is 64.3 cm³/mol. The molecular formula is C9H11N7OS. The third-order valence-electron chi connectivity index (χ3n) is 2.48. The van der Waals surface area contributed by atoms with Crippen LogP contribution in [0.15, 0.2) is 11.6 Å². The quantitative estimate of drug-likeness (QED) is 0.685. The molecule has 0 aliphatic carbocycles. The third-order valence-corrected chi connectivity index (χ3v) is 3.24. The van der Waals surface area contributed by atoms with Gasteiger partial charge in [0.2, 0.25) is 5.88 Å². The first kappa shape index (κ1) is 11.1. The largest absolute Gasteiger partial charge is 0.480 e. The molecule has 0 spiro atoms. The fraction of sp³-hybridized carbons (Fsp3) is 0.333. The molecule has 3 rings (SSSR count). The van der Waals surface area contributed by atoms with Gasteiger partial charge in [-0.15, -0.1) is 21.5 Å². The van der Waals surface area contributed by atoms with Crippen LogP contribution in [0.25, 0.3) is 4.96 Å². The number of hydrogen-bond acceptors (Lipinski definition) is 7. The van der Waals surface area contributed by atoms with E-state index in [1.54, 1.807) is 18.4 Å². The van der Waals surface area contributed by atoms with Gasteiger partial charge in [-0.3, -0.25) is 4.40 Å². The van der Waals surface area contributed by atoms with Gasteiger partial charge in [0.25, 0.3) is 0 Å². The Labute approximate surface area is 106 Å². The Bertz CT molecular complexity index is 628. The average molecular weight is 265 g/mol. The highest BCUT2D eigenvalue weighted by Gasteiger charge is 2.13. The Morgan fingerprint density at radius 1 is 1.50 bits per heavy atom. The lowest BCUT2D eigenvalue weighted by atomic mass is 10.4. The summed E-state index contributed by atoms with van der Waals surface area (Å²) >= 11 is 1.57. The minimum absolute atomic E-state index is 0.539. The van der Waals surface area contributed by atoms with E-state index in [1.807, 2.05) is 16.0 Å². The molecule has 0 saturated carbocycles. The van der Waals surface area contributed by atoms with E-state index in [-0.39, 0.29) is 0 Å². The van der Waals surface area contributed by atoms with Gasteiger partial charge in [0.15, 0.2) is 10.8 Å². The van der Waals surface area contributed by atoms with Crippen LogP contribution < -0.4 is 10.1 Å². The zero-order valence-corrected chi connectivity index (χ0v) is 10.4. The molecule has 0 aliphatic heterocycles. The van der Waals surface area contributed by atoms with Gasteiger partial charge in [-0.05, 0) is 0 Å². The molecule has 0 atom stereocenters. The van der Waals surface area contributed by atoms with Gasteiger partial charge < -0.3 is 10.1 Å². The number of ether oxygens (including phenoxy) is 1. The van der Waals surface area contributed by atoms with Gasteiger partial charge >= 0.3 is 0 Å². The van der Waals surface area contributed by atoms with Gasteiger partial charge in [0, 0.05) is 18.1 Å². The fourth-order valence-electron chi connectivity index (χ4n) is 1.69. The highest BCUT2D eigenvalue weighted by Crippen LogP contribution is 2.22. The number of hydrogen-bond donors (Lipinski definition) is 2. The topological polar surface area (TPSA) is 93.0 Å². The lowest BCUT2D eigenvalue weighted by Crippen LogP contribution is -2.15. The zero-order valence-electron chi connectivity index (χ0n) is 9.62. The number of rotatable bonds is 5. The van der Waals surface area contributed by atoms with Crippen molar-refractivity contribution in [3.8, 4) is 5.88 Å². The average Bonchev–Trinajstić information content (AvgIpc) is 3.06. The first-order chi connectivity index (χ1) is 8.88. The molecule has 3 heterocycles. The molecule has 9 heteroatoms. The highest BCUT2D eigenvalue weighted by molar-refractivity contribution is 7.15. The number of nitrogens with zero attached hydrogens (tertiary/aromatic N) is 5. The molecule has 0 aromatic carbocycles. The minimum atomic E-state index is 0.539. The highest BCUT2D eigenvalue weighted by atomic mass is 32.1. The Balaban J connectivity index is 1.74. The number of nitrogens with one attached hydrogen (secondary N) is 2. The molecule has 0 amide bonds. The molecule has 0 saturated heterocycles. The van der Waals surface area contributed by atoms with E-state index in [0.29, 0.717) is 24.8 Å². The maximum absolute atomic E-state index is 5.26. The van der Waals surface area contributed by atoms with Crippen LogP contribution in [0.4, 0.5) is 0 Å². The molecule has 18 heavy (non-hydrogen) atoms. The standard InChI is InChI=1S/C9H11N7OS/c1-17-8-6(16-2-3-18-9(16)11-8)4-10-5-7-12-14-15-13-7/h2-3,10H,4-5H2,1H3,(H,12,13,14,15). The second-order valence-corrected chi connectivity index (χ2v) is 4.43. The van der Waals surface area contributed by atoms with Gasteiger partial charge in [0.05, 0.1) is 13.7 Å². The van der Waals surface area contributed by atoms with Crippen molar-refractivity contribution >= 4 is 16.3 Å². The van der Waals surface area contributed by atoms with Gasteiger partial charge in [-0.1, -0.05) is 5.21 Å². The van der Waals surface area contributed by atoms with Crippen LogP contribution in [0.3, 0.4) is 0 Å². The van der Waals surface area contributed by atoms with E-state index >= 15 is 0 Å². The predicted octanol–water partition coefficient (Wildman–Crippen LogP) is 0.207. The number of imidazole rings is 1. The van der Waals surface area contributed by atoms with Crippen LogP contribution in [0.1, 0.15) is 11.5 Å². The summed E-state index contributed by atoms with van der Waals surface area (Å²) in [5.74, 6) is 1.27. The summed E-state index contributed by atoms with van der Waals surface area (Å²) in [4.78, 5) is 5.30. The molecule has 0 aliphatic rings. The van der Waals surface area contributed by atoms with Crippen LogP contribution in [-0.2, 0) is 13.1 Å². The summed E-state index contributed by atoms with van der Waals surface area (Å²) in [6.07, 6.45) is 1.97. The van der Waals surface area contributed by atoms with Gasteiger partial charge in [-0.25, -0.2) is 0 Å². The van der Waals surface area contributed by atoms with E-state index in [9.17, 15) is 0 Å². The lowest BCUT2D eigenvalue weighted by Gasteiger charge is -2.03. The van der Waals surface area contributed by atoms with Crippen molar-refractivity contribution in [2.75, 3.05) is 7.11 Å². The number of aromatic amines is 1. The van der Waals surface area contributed by atoms with E-state index in [1.165, 1.54) is 0 Å². The number of H-pyrrole nitrogens is 1. The second-order valence-electron chi connectivity index (χ2n) is 3.55.